The average Bonchev–Trinajstić information content (AvgIpc) is 2.88. The van der Waals surface area contributed by atoms with E-state index in [9.17, 15) is 14.4 Å². The molecular weight excluding hydrogens is 318 g/mol. The predicted molar refractivity (Wildman–Crippen MR) is 91.7 cm³/mol. The molecule has 0 radical (unpaired) electrons. The molecule has 3 amide bonds. The molecule has 1 aromatic rings. The number of hydrogen-bond donors (Lipinski definition) is 1. The minimum atomic E-state index is -0.540. The Balaban J connectivity index is 1.60. The molecule has 4 rings (SSSR count). The number of hydrogen-bond acceptors (Lipinski definition) is 4. The van der Waals surface area contributed by atoms with Gasteiger partial charge in [0.1, 0.15) is 6.04 Å². The molecule has 1 N–H and O–H groups in total. The number of benzene rings is 1. The van der Waals surface area contributed by atoms with Gasteiger partial charge in [-0.15, -0.1) is 0 Å². The van der Waals surface area contributed by atoms with Gasteiger partial charge < -0.3 is 4.90 Å². The molecule has 1 atom stereocenters. The third kappa shape index (κ3) is 2.74. The normalized spacial score (nSPS) is 23.7. The monoisotopic (exact) mass is 341 g/mol. The Labute approximate surface area is 147 Å². The number of rotatable bonds is 2. The SMILES string of the molecule is CC(C)N1CCc2cc3c(cc2C1)C(=O)N([C@H]1CCC(=O)NC1=O)C3. The maximum Gasteiger partial charge on any atom is 0.255 e. The lowest BCUT2D eigenvalue weighted by atomic mass is 9.94. The number of carbonyl (C=O) groups is 3. The van der Waals surface area contributed by atoms with E-state index < -0.39 is 6.04 Å². The molecule has 6 heteroatoms. The highest BCUT2D eigenvalue weighted by molar-refractivity contribution is 6.05. The van der Waals surface area contributed by atoms with Crippen LogP contribution in [-0.4, -0.2) is 46.1 Å². The second kappa shape index (κ2) is 5.95. The smallest absolute Gasteiger partial charge is 0.255 e. The van der Waals surface area contributed by atoms with Gasteiger partial charge in [-0.3, -0.25) is 24.6 Å². The molecule has 0 aliphatic carbocycles. The fourth-order valence-corrected chi connectivity index (χ4v) is 4.09. The Morgan fingerprint density at radius 1 is 1.04 bits per heavy atom. The first-order valence-electron chi connectivity index (χ1n) is 8.97. The molecule has 3 aliphatic rings. The van der Waals surface area contributed by atoms with Crippen LogP contribution in [-0.2, 0) is 29.1 Å². The molecule has 0 spiro atoms. The van der Waals surface area contributed by atoms with Crippen molar-refractivity contribution in [3.05, 3.63) is 34.4 Å². The Bertz CT molecular complexity index is 771. The molecule has 6 nitrogen and oxygen atoms in total. The molecule has 1 fully saturated rings. The van der Waals surface area contributed by atoms with Crippen molar-refractivity contribution in [2.75, 3.05) is 6.54 Å². The van der Waals surface area contributed by atoms with Gasteiger partial charge in [0.05, 0.1) is 0 Å². The number of amides is 3. The van der Waals surface area contributed by atoms with Crippen LogP contribution in [0.15, 0.2) is 12.1 Å². The molecule has 1 saturated heterocycles. The van der Waals surface area contributed by atoms with E-state index in [4.69, 9.17) is 0 Å². The maximum absolute atomic E-state index is 12.9. The van der Waals surface area contributed by atoms with Gasteiger partial charge >= 0.3 is 0 Å². The lowest BCUT2D eigenvalue weighted by molar-refractivity contribution is -0.136. The van der Waals surface area contributed by atoms with Gasteiger partial charge in [0.2, 0.25) is 11.8 Å². The van der Waals surface area contributed by atoms with Crippen molar-refractivity contribution in [3.8, 4) is 0 Å². The van der Waals surface area contributed by atoms with Crippen LogP contribution in [0.3, 0.4) is 0 Å². The number of piperidine rings is 1. The number of imide groups is 1. The van der Waals surface area contributed by atoms with Crippen LogP contribution in [0.1, 0.15) is 53.7 Å². The number of carbonyl (C=O) groups excluding carboxylic acids is 3. The van der Waals surface area contributed by atoms with Crippen molar-refractivity contribution in [2.24, 2.45) is 0 Å². The predicted octanol–water partition coefficient (Wildman–Crippen LogP) is 1.21. The van der Waals surface area contributed by atoms with Gasteiger partial charge in [-0.2, -0.15) is 0 Å². The average molecular weight is 341 g/mol. The Morgan fingerprint density at radius 2 is 1.84 bits per heavy atom. The second-order valence-electron chi connectivity index (χ2n) is 7.49. The molecule has 1 aromatic carbocycles. The second-order valence-corrected chi connectivity index (χ2v) is 7.49. The zero-order chi connectivity index (χ0) is 17.7. The summed E-state index contributed by atoms with van der Waals surface area (Å²) in [6, 6.07) is 4.11. The maximum atomic E-state index is 12.9. The van der Waals surface area contributed by atoms with Crippen LogP contribution in [0.5, 0.6) is 0 Å². The zero-order valence-electron chi connectivity index (χ0n) is 14.7. The van der Waals surface area contributed by atoms with Crippen LogP contribution >= 0.6 is 0 Å². The fourth-order valence-electron chi connectivity index (χ4n) is 4.09. The first-order valence-corrected chi connectivity index (χ1v) is 8.97. The van der Waals surface area contributed by atoms with E-state index in [2.05, 4.69) is 30.1 Å². The molecule has 0 bridgehead atoms. The quantitative estimate of drug-likeness (QED) is 0.821. The van der Waals surface area contributed by atoms with Gasteiger partial charge in [-0.05, 0) is 49.4 Å². The standard InChI is InChI=1S/C19H23N3O3/c1-11(2)21-6-5-12-7-14-10-22(16-3-4-17(23)20-18(16)24)19(25)15(14)8-13(12)9-21/h7-8,11,16H,3-6,9-10H2,1-2H3,(H,20,23,24)/t16-/m0/s1. The molecule has 3 heterocycles. The first-order chi connectivity index (χ1) is 11.9. The number of nitrogens with zero attached hydrogens (tertiary/aromatic N) is 2. The lowest BCUT2D eigenvalue weighted by Gasteiger charge is -2.32. The summed E-state index contributed by atoms with van der Waals surface area (Å²) in [5, 5.41) is 2.35. The van der Waals surface area contributed by atoms with E-state index >= 15 is 0 Å². The summed E-state index contributed by atoms with van der Waals surface area (Å²) in [6.07, 6.45) is 1.69. The van der Waals surface area contributed by atoms with Gasteiger partial charge in [0.25, 0.3) is 5.91 Å². The van der Waals surface area contributed by atoms with Crippen LogP contribution in [0, 0.1) is 0 Å². The summed E-state index contributed by atoms with van der Waals surface area (Å²) in [4.78, 5) is 40.4. The van der Waals surface area contributed by atoms with E-state index in [-0.39, 0.29) is 24.1 Å². The highest BCUT2D eigenvalue weighted by Gasteiger charge is 2.39. The fraction of sp³-hybridized carbons (Fsp3) is 0.526. The van der Waals surface area contributed by atoms with Crippen molar-refractivity contribution in [1.82, 2.24) is 15.1 Å². The molecule has 132 valence electrons. The van der Waals surface area contributed by atoms with E-state index in [0.717, 1.165) is 25.1 Å². The van der Waals surface area contributed by atoms with Crippen LogP contribution in [0.4, 0.5) is 0 Å². The van der Waals surface area contributed by atoms with Gasteiger partial charge in [0, 0.05) is 37.7 Å². The largest absolute Gasteiger partial charge is 0.322 e. The molecule has 3 aliphatic heterocycles. The Morgan fingerprint density at radius 3 is 2.56 bits per heavy atom. The summed E-state index contributed by atoms with van der Waals surface area (Å²) < 4.78 is 0. The molecule has 25 heavy (non-hydrogen) atoms. The summed E-state index contributed by atoms with van der Waals surface area (Å²) >= 11 is 0. The lowest BCUT2D eigenvalue weighted by Crippen LogP contribution is -2.52. The number of nitrogens with one attached hydrogen (secondary N) is 1. The van der Waals surface area contributed by atoms with Gasteiger partial charge in [-0.25, -0.2) is 0 Å². The van der Waals surface area contributed by atoms with Crippen molar-refractivity contribution < 1.29 is 14.4 Å². The van der Waals surface area contributed by atoms with Crippen molar-refractivity contribution in [1.29, 1.82) is 0 Å². The van der Waals surface area contributed by atoms with Crippen molar-refractivity contribution in [3.63, 3.8) is 0 Å². The van der Waals surface area contributed by atoms with Crippen LogP contribution in [0.2, 0.25) is 0 Å². The van der Waals surface area contributed by atoms with Gasteiger partial charge in [0.15, 0.2) is 0 Å². The Hall–Kier alpha value is -2.21. The molecule has 0 aromatic heterocycles. The molecule has 0 saturated carbocycles. The minimum Gasteiger partial charge on any atom is -0.322 e. The molecular formula is C19H23N3O3. The summed E-state index contributed by atoms with van der Waals surface area (Å²) in [7, 11) is 0. The van der Waals surface area contributed by atoms with E-state index in [1.54, 1.807) is 4.90 Å². The highest BCUT2D eigenvalue weighted by atomic mass is 16.2. The van der Waals surface area contributed by atoms with E-state index in [0.29, 0.717) is 24.6 Å². The van der Waals surface area contributed by atoms with E-state index in [1.807, 2.05) is 6.07 Å². The van der Waals surface area contributed by atoms with Crippen molar-refractivity contribution in [2.45, 2.75) is 58.3 Å². The topological polar surface area (TPSA) is 69.7 Å². The third-order valence-electron chi connectivity index (χ3n) is 5.62. The van der Waals surface area contributed by atoms with Crippen LogP contribution in [0.25, 0.3) is 0 Å². The van der Waals surface area contributed by atoms with Crippen molar-refractivity contribution >= 4 is 17.7 Å². The first kappa shape index (κ1) is 16.3. The Kier molecular flexibility index (Phi) is 3.87. The van der Waals surface area contributed by atoms with Crippen LogP contribution < -0.4 is 5.32 Å². The number of fused-ring (bicyclic) bond motifs is 2. The summed E-state index contributed by atoms with van der Waals surface area (Å²) in [5.41, 5.74) is 4.26. The zero-order valence-corrected chi connectivity index (χ0v) is 14.7. The minimum absolute atomic E-state index is 0.0889. The summed E-state index contributed by atoms with van der Waals surface area (Å²) in [5.74, 6) is -0.697. The van der Waals surface area contributed by atoms with E-state index in [1.165, 1.54) is 11.1 Å². The van der Waals surface area contributed by atoms with Gasteiger partial charge in [-0.1, -0.05) is 6.07 Å². The third-order valence-corrected chi connectivity index (χ3v) is 5.62. The highest BCUT2D eigenvalue weighted by Crippen LogP contribution is 2.32. The molecule has 0 unspecified atom stereocenters. The summed E-state index contributed by atoms with van der Waals surface area (Å²) in [6.45, 7) is 6.74.